The zero-order valence-corrected chi connectivity index (χ0v) is 12.6. The number of hydrogen-bond acceptors (Lipinski definition) is 3. The summed E-state index contributed by atoms with van der Waals surface area (Å²) in [6.45, 7) is 2.08. The zero-order chi connectivity index (χ0) is 14.1. The van der Waals surface area contributed by atoms with E-state index in [1.807, 2.05) is 42.5 Å². The molecule has 0 unspecified atom stereocenters. The molecule has 0 atom stereocenters. The van der Waals surface area contributed by atoms with Gasteiger partial charge in [-0.1, -0.05) is 36.7 Å². The van der Waals surface area contributed by atoms with E-state index < -0.39 is 0 Å². The summed E-state index contributed by atoms with van der Waals surface area (Å²) < 4.78 is 2.55. The molecule has 0 bridgehead atoms. The number of anilines is 1. The van der Waals surface area contributed by atoms with Crippen molar-refractivity contribution < 1.29 is 0 Å². The van der Waals surface area contributed by atoms with E-state index in [9.17, 15) is 0 Å². The molecule has 0 aliphatic carbocycles. The lowest BCUT2D eigenvalue weighted by Gasteiger charge is -2.03. The van der Waals surface area contributed by atoms with Gasteiger partial charge in [0.05, 0.1) is 14.9 Å². The molecular formula is C15H14ClN3S. The van der Waals surface area contributed by atoms with Gasteiger partial charge in [-0.15, -0.1) is 11.3 Å². The van der Waals surface area contributed by atoms with Crippen molar-refractivity contribution in [1.82, 2.24) is 9.78 Å². The first-order valence-electron chi connectivity index (χ1n) is 6.39. The Bertz CT molecular complexity index is 731. The number of nitrogen functional groups attached to an aromatic ring is 1. The van der Waals surface area contributed by atoms with E-state index in [4.69, 9.17) is 17.3 Å². The van der Waals surface area contributed by atoms with Crippen molar-refractivity contribution in [2.75, 3.05) is 5.73 Å². The third-order valence-corrected chi connectivity index (χ3v) is 4.42. The molecule has 2 N–H and O–H groups in total. The average Bonchev–Trinajstić information content (AvgIpc) is 3.03. The zero-order valence-electron chi connectivity index (χ0n) is 11.0. The summed E-state index contributed by atoms with van der Waals surface area (Å²) in [5.41, 5.74) is 9.21. The van der Waals surface area contributed by atoms with Gasteiger partial charge in [-0.05, 0) is 30.7 Å². The predicted molar refractivity (Wildman–Crippen MR) is 85.7 cm³/mol. The van der Waals surface area contributed by atoms with E-state index in [1.165, 1.54) is 11.3 Å². The molecule has 0 radical (unpaired) electrons. The van der Waals surface area contributed by atoms with Gasteiger partial charge in [-0.2, -0.15) is 5.10 Å². The number of aromatic nitrogens is 2. The highest BCUT2D eigenvalue weighted by Crippen LogP contribution is 2.35. The molecule has 102 valence electrons. The van der Waals surface area contributed by atoms with Crippen molar-refractivity contribution in [1.29, 1.82) is 0 Å². The summed E-state index contributed by atoms with van der Waals surface area (Å²) in [6, 6.07) is 13.8. The minimum atomic E-state index is 0.693. The fourth-order valence-corrected chi connectivity index (χ4v) is 3.27. The maximum absolute atomic E-state index is 6.26. The highest BCUT2D eigenvalue weighted by atomic mass is 35.5. The van der Waals surface area contributed by atoms with Crippen molar-refractivity contribution in [3.8, 4) is 16.3 Å². The molecule has 0 aliphatic heterocycles. The molecule has 0 aliphatic rings. The lowest BCUT2D eigenvalue weighted by molar-refractivity contribution is 0.895. The Hall–Kier alpha value is -1.78. The third-order valence-electron chi connectivity index (χ3n) is 3.18. The lowest BCUT2D eigenvalue weighted by atomic mass is 10.1. The topological polar surface area (TPSA) is 43.8 Å². The highest BCUT2D eigenvalue weighted by molar-refractivity contribution is 7.19. The molecule has 2 aromatic heterocycles. The second kappa shape index (κ2) is 5.31. The molecule has 1 aromatic carbocycles. The summed E-state index contributed by atoms with van der Waals surface area (Å²) >= 11 is 7.54. The molecule has 3 rings (SSSR count). The number of halogens is 1. The Morgan fingerprint density at radius 2 is 1.95 bits per heavy atom. The maximum Gasteiger partial charge on any atom is 0.131 e. The third kappa shape index (κ3) is 2.21. The van der Waals surface area contributed by atoms with E-state index in [0.29, 0.717) is 5.82 Å². The van der Waals surface area contributed by atoms with Gasteiger partial charge in [0, 0.05) is 5.56 Å². The number of nitrogens with two attached hydrogens (primary N) is 1. The van der Waals surface area contributed by atoms with Crippen LogP contribution in [0.3, 0.4) is 0 Å². The summed E-state index contributed by atoms with van der Waals surface area (Å²) in [5, 5.41) is 4.68. The molecular weight excluding hydrogens is 290 g/mol. The van der Waals surface area contributed by atoms with Gasteiger partial charge in [-0.3, -0.25) is 0 Å². The predicted octanol–water partition coefficient (Wildman–Crippen LogP) is 4.40. The molecule has 0 spiro atoms. The van der Waals surface area contributed by atoms with Gasteiger partial charge in [-0.25, -0.2) is 4.68 Å². The summed E-state index contributed by atoms with van der Waals surface area (Å²) in [5.74, 6) is 0.693. The van der Waals surface area contributed by atoms with Crippen LogP contribution in [-0.4, -0.2) is 9.78 Å². The molecule has 2 heterocycles. The van der Waals surface area contributed by atoms with Crippen LogP contribution in [-0.2, 0) is 6.42 Å². The van der Waals surface area contributed by atoms with E-state index in [2.05, 4.69) is 12.0 Å². The van der Waals surface area contributed by atoms with Crippen LogP contribution in [0.15, 0.2) is 42.5 Å². The summed E-state index contributed by atoms with van der Waals surface area (Å²) in [7, 11) is 0. The minimum absolute atomic E-state index is 0.693. The van der Waals surface area contributed by atoms with Gasteiger partial charge >= 0.3 is 0 Å². The minimum Gasteiger partial charge on any atom is -0.383 e. The molecule has 20 heavy (non-hydrogen) atoms. The highest BCUT2D eigenvalue weighted by Gasteiger charge is 2.17. The normalized spacial score (nSPS) is 10.9. The number of thiophene rings is 1. The number of hydrogen-bond donors (Lipinski definition) is 1. The van der Waals surface area contributed by atoms with E-state index in [-0.39, 0.29) is 0 Å². The smallest absolute Gasteiger partial charge is 0.131 e. The average molecular weight is 304 g/mol. The van der Waals surface area contributed by atoms with Crippen molar-refractivity contribution >= 4 is 28.8 Å². The Kier molecular flexibility index (Phi) is 3.51. The van der Waals surface area contributed by atoms with E-state index in [0.717, 1.165) is 32.6 Å². The van der Waals surface area contributed by atoms with Crippen LogP contribution in [0.25, 0.3) is 16.3 Å². The van der Waals surface area contributed by atoms with Crippen LogP contribution in [0.2, 0.25) is 4.34 Å². The van der Waals surface area contributed by atoms with Crippen molar-refractivity contribution in [2.45, 2.75) is 13.3 Å². The summed E-state index contributed by atoms with van der Waals surface area (Å²) in [4.78, 5) is 1.05. The molecule has 3 aromatic rings. The molecule has 5 heteroatoms. The fraction of sp³-hybridized carbons (Fsp3) is 0.133. The van der Waals surface area contributed by atoms with E-state index in [1.54, 1.807) is 4.68 Å². The van der Waals surface area contributed by atoms with Crippen LogP contribution in [0.1, 0.15) is 12.5 Å². The van der Waals surface area contributed by atoms with Crippen LogP contribution < -0.4 is 5.73 Å². The molecule has 0 amide bonds. The lowest BCUT2D eigenvalue weighted by Crippen LogP contribution is -2.02. The SMILES string of the molecule is CCc1c(-c2ccc(Cl)s2)nn(-c2ccccc2)c1N. The maximum atomic E-state index is 6.26. The standard InChI is InChI=1S/C15H14ClN3S/c1-2-11-14(12-8-9-13(16)20-12)18-19(15(11)17)10-6-4-3-5-7-10/h3-9H,2,17H2,1H3. The first kappa shape index (κ1) is 13.2. The molecule has 0 saturated heterocycles. The Morgan fingerprint density at radius 3 is 2.55 bits per heavy atom. The van der Waals surface area contributed by atoms with Crippen LogP contribution >= 0.6 is 22.9 Å². The van der Waals surface area contributed by atoms with Crippen molar-refractivity contribution in [3.63, 3.8) is 0 Å². The Labute approximate surface area is 126 Å². The van der Waals surface area contributed by atoms with Crippen LogP contribution in [0.4, 0.5) is 5.82 Å². The van der Waals surface area contributed by atoms with Gasteiger partial charge in [0.1, 0.15) is 11.5 Å². The van der Waals surface area contributed by atoms with Gasteiger partial charge in [0.15, 0.2) is 0 Å². The van der Waals surface area contributed by atoms with Crippen LogP contribution in [0.5, 0.6) is 0 Å². The quantitative estimate of drug-likeness (QED) is 0.779. The second-order valence-corrected chi connectivity index (χ2v) is 6.13. The largest absolute Gasteiger partial charge is 0.383 e. The molecule has 0 fully saturated rings. The number of rotatable bonds is 3. The Balaban J connectivity index is 2.17. The molecule has 0 saturated carbocycles. The first-order valence-corrected chi connectivity index (χ1v) is 7.58. The number of para-hydroxylation sites is 1. The Morgan fingerprint density at radius 1 is 1.20 bits per heavy atom. The second-order valence-electron chi connectivity index (χ2n) is 4.42. The molecule has 3 nitrogen and oxygen atoms in total. The number of benzene rings is 1. The van der Waals surface area contributed by atoms with Gasteiger partial charge in [0.25, 0.3) is 0 Å². The summed E-state index contributed by atoms with van der Waals surface area (Å²) in [6.07, 6.45) is 0.837. The monoisotopic (exact) mass is 303 g/mol. The van der Waals surface area contributed by atoms with E-state index >= 15 is 0 Å². The number of nitrogens with zero attached hydrogens (tertiary/aromatic N) is 2. The van der Waals surface area contributed by atoms with Crippen molar-refractivity contribution in [2.24, 2.45) is 0 Å². The van der Waals surface area contributed by atoms with Crippen LogP contribution in [0, 0.1) is 0 Å². The first-order chi connectivity index (χ1) is 9.70. The van der Waals surface area contributed by atoms with Crippen molar-refractivity contribution in [3.05, 3.63) is 52.4 Å². The fourth-order valence-electron chi connectivity index (χ4n) is 2.22. The van der Waals surface area contributed by atoms with Gasteiger partial charge in [0.2, 0.25) is 0 Å². The van der Waals surface area contributed by atoms with Gasteiger partial charge < -0.3 is 5.73 Å².